The number of rotatable bonds is 16. The first-order chi connectivity index (χ1) is 27.5. The molecular formula is C35H41ClN7O14P. The van der Waals surface area contributed by atoms with Crippen LogP contribution in [0, 0.1) is 12.8 Å². The second-order valence-corrected chi connectivity index (χ2v) is 15.9. The largest absolute Gasteiger partial charge is 0.530 e. The lowest BCUT2D eigenvalue weighted by molar-refractivity contribution is -0.153. The third kappa shape index (κ3) is 9.80. The van der Waals surface area contributed by atoms with Crippen molar-refractivity contribution in [2.45, 2.75) is 90.2 Å². The van der Waals surface area contributed by atoms with Crippen LogP contribution in [0.25, 0.3) is 11.2 Å². The van der Waals surface area contributed by atoms with E-state index in [1.807, 2.05) is 0 Å². The van der Waals surface area contributed by atoms with Crippen molar-refractivity contribution in [3.8, 4) is 5.75 Å². The lowest BCUT2D eigenvalue weighted by Gasteiger charge is -2.26. The van der Waals surface area contributed by atoms with Gasteiger partial charge in [0.15, 0.2) is 11.2 Å². The molecule has 0 radical (unpaired) electrons. The van der Waals surface area contributed by atoms with E-state index in [-0.39, 0.29) is 64.9 Å². The number of ketones is 1. The number of amides is 1. The molecule has 4 N–H and O–H groups in total. The van der Waals surface area contributed by atoms with Crippen molar-refractivity contribution in [2.24, 2.45) is 5.92 Å². The molecule has 6 rings (SSSR count). The van der Waals surface area contributed by atoms with Gasteiger partial charge in [0.25, 0.3) is 11.1 Å². The molecule has 21 nitrogen and oxygen atoms in total. The van der Waals surface area contributed by atoms with Gasteiger partial charge in [-0.05, 0) is 26.0 Å². The van der Waals surface area contributed by atoms with E-state index in [1.54, 1.807) is 26.0 Å². The number of aromatic amines is 2. The van der Waals surface area contributed by atoms with Crippen LogP contribution < -0.4 is 26.6 Å². The molecule has 0 saturated carbocycles. The Morgan fingerprint density at radius 1 is 1.03 bits per heavy atom. The first-order valence-corrected chi connectivity index (χ1v) is 20.0. The fraction of sp³-hybridized carbons (Fsp3) is 0.486. The van der Waals surface area contributed by atoms with Gasteiger partial charge < -0.3 is 28.6 Å². The molecule has 0 spiro atoms. The molecule has 1 amide bonds. The van der Waals surface area contributed by atoms with Crippen molar-refractivity contribution in [1.29, 1.82) is 0 Å². The summed E-state index contributed by atoms with van der Waals surface area (Å²) in [5.74, 6) is -2.03. The zero-order chi connectivity index (χ0) is 41.9. The summed E-state index contributed by atoms with van der Waals surface area (Å²) in [6.07, 6.45) is -4.74. The summed E-state index contributed by atoms with van der Waals surface area (Å²) in [4.78, 5) is 87.4. The molecule has 2 aliphatic heterocycles. The van der Waals surface area contributed by atoms with E-state index < -0.39 is 92.5 Å². The second kappa shape index (κ2) is 17.9. The van der Waals surface area contributed by atoms with Crippen LogP contribution in [0.15, 0.2) is 51.2 Å². The number of nitrogens with zero attached hydrogens (tertiary/aromatic N) is 4. The normalized spacial score (nSPS) is 22.9. The van der Waals surface area contributed by atoms with Crippen LogP contribution in [-0.4, -0.2) is 89.5 Å². The van der Waals surface area contributed by atoms with Crippen LogP contribution in [0.4, 0.5) is 5.95 Å². The van der Waals surface area contributed by atoms with Gasteiger partial charge in [-0.2, -0.15) is 4.98 Å². The van der Waals surface area contributed by atoms with E-state index in [1.165, 1.54) is 43.1 Å². The van der Waals surface area contributed by atoms with E-state index in [9.17, 15) is 38.4 Å². The SMILES string of the molecule is CC(=O)CCC(=O)O[C@H]1C[C@H](n2cc(C)c(=O)[nH]c2=O)O[C@H]1COP(=O)(Oc1ccccc1Cl)O[C@H]1C[C@H](n2cnc3c(=O)[nH]c(NC(=O)C(C)C)nc32)O[C@H]1CO. The fourth-order valence-corrected chi connectivity index (χ4v) is 7.77. The minimum Gasteiger partial charge on any atom is -0.459 e. The Morgan fingerprint density at radius 3 is 2.45 bits per heavy atom. The minimum absolute atomic E-state index is 0.0329. The van der Waals surface area contributed by atoms with E-state index >= 15 is 0 Å². The molecule has 58 heavy (non-hydrogen) atoms. The number of nitrogens with one attached hydrogen (secondary N) is 3. The monoisotopic (exact) mass is 849 g/mol. The molecule has 7 atom stereocenters. The third-order valence-electron chi connectivity index (χ3n) is 9.18. The van der Waals surface area contributed by atoms with E-state index in [4.69, 9.17) is 39.4 Å². The number of H-pyrrole nitrogens is 2. The van der Waals surface area contributed by atoms with Gasteiger partial charge in [0.2, 0.25) is 11.9 Å². The third-order valence-corrected chi connectivity index (χ3v) is 10.9. The number of imidazole rings is 1. The Balaban J connectivity index is 1.27. The average Bonchev–Trinajstić information content (AvgIpc) is 3.89. The molecule has 0 bridgehead atoms. The summed E-state index contributed by atoms with van der Waals surface area (Å²) in [7, 11) is -4.81. The molecule has 3 aromatic heterocycles. The number of anilines is 1. The number of ether oxygens (including phenoxy) is 3. The number of aromatic nitrogens is 6. The van der Waals surface area contributed by atoms with Crippen LogP contribution >= 0.6 is 19.4 Å². The number of carbonyl (C=O) groups is 3. The number of esters is 1. The molecule has 23 heteroatoms. The number of phosphoric acid groups is 1. The Hall–Kier alpha value is -5.02. The summed E-state index contributed by atoms with van der Waals surface area (Å²) in [5.41, 5.74) is -1.88. The summed E-state index contributed by atoms with van der Waals surface area (Å²) < 4.78 is 52.6. The van der Waals surface area contributed by atoms with E-state index in [2.05, 4.69) is 25.3 Å². The maximum Gasteiger partial charge on any atom is 0.530 e. The second-order valence-electron chi connectivity index (χ2n) is 13.9. The summed E-state index contributed by atoms with van der Waals surface area (Å²) in [6, 6.07) is 6.03. The number of hydrogen-bond donors (Lipinski definition) is 4. The Bertz CT molecular complexity index is 2410. The molecule has 1 aromatic carbocycles. The number of Topliss-reactive ketones (excluding diaryl/α,β-unsaturated/α-hetero) is 1. The van der Waals surface area contributed by atoms with Crippen LogP contribution in [0.2, 0.25) is 5.02 Å². The van der Waals surface area contributed by atoms with Gasteiger partial charge in [0.05, 0.1) is 31.0 Å². The summed E-state index contributed by atoms with van der Waals surface area (Å²) in [5, 5.41) is 12.9. The Morgan fingerprint density at radius 2 is 1.74 bits per heavy atom. The number of phosphoric ester groups is 1. The number of benzene rings is 1. The summed E-state index contributed by atoms with van der Waals surface area (Å²) >= 11 is 6.35. The molecule has 0 aliphatic carbocycles. The van der Waals surface area contributed by atoms with Crippen molar-refractivity contribution < 1.29 is 51.8 Å². The van der Waals surface area contributed by atoms with Gasteiger partial charge in [0, 0.05) is 36.9 Å². The van der Waals surface area contributed by atoms with E-state index in [0.717, 1.165) is 4.57 Å². The molecule has 1 unspecified atom stereocenters. The topological polar surface area (TPSA) is 274 Å². The molecule has 5 heterocycles. The van der Waals surface area contributed by atoms with Gasteiger partial charge in [-0.1, -0.05) is 37.6 Å². The number of hydrogen-bond acceptors (Lipinski definition) is 16. The maximum absolute atomic E-state index is 14.7. The smallest absolute Gasteiger partial charge is 0.459 e. The predicted molar refractivity (Wildman–Crippen MR) is 202 cm³/mol. The zero-order valence-corrected chi connectivity index (χ0v) is 33.3. The van der Waals surface area contributed by atoms with Gasteiger partial charge in [-0.3, -0.25) is 52.6 Å². The minimum atomic E-state index is -4.81. The van der Waals surface area contributed by atoms with Crippen LogP contribution in [0.1, 0.15) is 64.5 Å². The van der Waals surface area contributed by atoms with Crippen molar-refractivity contribution in [1.82, 2.24) is 29.1 Å². The van der Waals surface area contributed by atoms with Crippen molar-refractivity contribution in [3.63, 3.8) is 0 Å². The molecular weight excluding hydrogens is 809 g/mol. The number of fused-ring (bicyclic) bond motifs is 1. The molecule has 4 aromatic rings. The quantitative estimate of drug-likeness (QED) is 0.0932. The maximum atomic E-state index is 14.7. The number of para-hydroxylation sites is 1. The number of halogens is 1. The van der Waals surface area contributed by atoms with Gasteiger partial charge in [-0.25, -0.2) is 14.3 Å². The lowest BCUT2D eigenvalue weighted by Crippen LogP contribution is -2.33. The van der Waals surface area contributed by atoms with Gasteiger partial charge in [0.1, 0.15) is 48.4 Å². The Labute approximate surface area is 333 Å². The van der Waals surface area contributed by atoms with Crippen molar-refractivity contribution >= 4 is 54.2 Å². The lowest BCUT2D eigenvalue weighted by atomic mass is 10.1. The van der Waals surface area contributed by atoms with Crippen molar-refractivity contribution in [3.05, 3.63) is 78.6 Å². The van der Waals surface area contributed by atoms with Crippen LogP contribution in [0.5, 0.6) is 5.75 Å². The number of aliphatic hydroxyl groups excluding tert-OH is 1. The Kier molecular flexibility index (Phi) is 13.1. The predicted octanol–water partition coefficient (Wildman–Crippen LogP) is 2.66. The molecule has 2 aliphatic rings. The highest BCUT2D eigenvalue weighted by atomic mass is 35.5. The first-order valence-electron chi connectivity index (χ1n) is 18.1. The summed E-state index contributed by atoms with van der Waals surface area (Å²) in [6.45, 7) is 4.87. The van der Waals surface area contributed by atoms with Crippen LogP contribution in [-0.2, 0) is 42.2 Å². The molecule has 312 valence electrons. The zero-order valence-electron chi connectivity index (χ0n) is 31.6. The average molecular weight is 850 g/mol. The fourth-order valence-electron chi connectivity index (χ4n) is 6.10. The number of aryl methyl sites for hydroxylation is 1. The molecule has 2 fully saturated rings. The highest BCUT2D eigenvalue weighted by molar-refractivity contribution is 7.49. The van der Waals surface area contributed by atoms with Gasteiger partial charge in [-0.15, -0.1) is 0 Å². The highest BCUT2D eigenvalue weighted by Crippen LogP contribution is 2.54. The van der Waals surface area contributed by atoms with E-state index in [0.29, 0.717) is 0 Å². The van der Waals surface area contributed by atoms with Crippen LogP contribution in [0.3, 0.4) is 0 Å². The first kappa shape index (κ1) is 42.6. The number of aliphatic hydroxyl groups is 1. The number of carbonyl (C=O) groups excluding carboxylic acids is 3. The van der Waals surface area contributed by atoms with Gasteiger partial charge >= 0.3 is 19.5 Å². The molecule has 2 saturated heterocycles. The van der Waals surface area contributed by atoms with Crippen molar-refractivity contribution in [2.75, 3.05) is 18.5 Å². The standard InChI is InChI=1S/C35H41ClN7O14P/c1-17(2)31(47)39-34-38-30-29(33(49)40-34)37-16-43(30)27-12-23(24(14-44)53-27)57-58(51,56-21-8-6-5-7-20(21)36)52-15-25-22(55-28(46)10-9-19(4)45)11-26(54-25)42-13-18(3)32(48)41-35(42)50/h5-8,13,16-17,22-27,44H,9-12,14-15H2,1-4H3,(H,41,48,50)(H2,38,39,40,47,49)/t22-,23-,24-,25-,26+,27+,58?/m0/s1. The highest BCUT2D eigenvalue weighted by Gasteiger charge is 2.46.